The average Bonchev–Trinajstić information content (AvgIpc) is 3.29. The maximum atomic E-state index is 13.4. The molecule has 0 aliphatic carbocycles. The van der Waals surface area contributed by atoms with Crippen molar-refractivity contribution in [3.63, 3.8) is 0 Å². The second kappa shape index (κ2) is 7.95. The van der Waals surface area contributed by atoms with E-state index in [1.807, 2.05) is 18.2 Å². The van der Waals surface area contributed by atoms with E-state index in [2.05, 4.69) is 15.6 Å². The van der Waals surface area contributed by atoms with Gasteiger partial charge in [0.15, 0.2) is 0 Å². The molecule has 1 aromatic heterocycles. The van der Waals surface area contributed by atoms with Crippen molar-refractivity contribution in [1.82, 2.24) is 15.6 Å². The summed E-state index contributed by atoms with van der Waals surface area (Å²) in [5.41, 5.74) is 3.55. The van der Waals surface area contributed by atoms with Gasteiger partial charge in [0, 0.05) is 29.6 Å². The molecule has 7 heteroatoms. The zero-order chi connectivity index (χ0) is 20.4. The van der Waals surface area contributed by atoms with E-state index in [1.165, 1.54) is 12.1 Å². The van der Waals surface area contributed by atoms with E-state index in [0.29, 0.717) is 19.4 Å². The molecule has 3 N–H and O–H groups in total. The summed E-state index contributed by atoms with van der Waals surface area (Å²) in [4.78, 5) is 27.5. The Morgan fingerprint density at radius 1 is 1.24 bits per heavy atom. The molecule has 1 fully saturated rings. The number of carbonyl (C=O) groups excluding carboxylic acids is 2. The first-order valence-electron chi connectivity index (χ1n) is 9.57. The number of methoxy groups -OCH3 is 1. The molecule has 2 heterocycles. The van der Waals surface area contributed by atoms with E-state index in [0.717, 1.165) is 33.5 Å². The van der Waals surface area contributed by atoms with Crippen LogP contribution < -0.4 is 15.4 Å². The minimum atomic E-state index is -0.456. The van der Waals surface area contributed by atoms with Gasteiger partial charge in [-0.1, -0.05) is 0 Å². The number of hydrogen-bond donors (Lipinski definition) is 3. The minimum Gasteiger partial charge on any atom is -0.497 e. The summed E-state index contributed by atoms with van der Waals surface area (Å²) >= 11 is 0. The first kappa shape index (κ1) is 19.0. The first-order chi connectivity index (χ1) is 14.0. The van der Waals surface area contributed by atoms with Gasteiger partial charge in [0.2, 0.25) is 11.8 Å². The molecule has 29 heavy (non-hydrogen) atoms. The zero-order valence-corrected chi connectivity index (χ0v) is 16.0. The van der Waals surface area contributed by atoms with Gasteiger partial charge < -0.3 is 20.4 Å². The van der Waals surface area contributed by atoms with Crippen molar-refractivity contribution >= 4 is 22.7 Å². The van der Waals surface area contributed by atoms with Gasteiger partial charge in [0.1, 0.15) is 17.6 Å². The van der Waals surface area contributed by atoms with Gasteiger partial charge in [0.25, 0.3) is 0 Å². The number of nitrogens with one attached hydrogen (secondary N) is 3. The van der Waals surface area contributed by atoms with Crippen LogP contribution in [0.25, 0.3) is 22.2 Å². The number of ether oxygens (including phenoxy) is 1. The Morgan fingerprint density at radius 3 is 2.72 bits per heavy atom. The summed E-state index contributed by atoms with van der Waals surface area (Å²) in [5, 5.41) is 6.46. The lowest BCUT2D eigenvalue weighted by atomic mass is 10.0. The second-order valence-electron chi connectivity index (χ2n) is 7.10. The van der Waals surface area contributed by atoms with Gasteiger partial charge in [-0.05, 0) is 66.4 Å². The van der Waals surface area contributed by atoms with Gasteiger partial charge in [-0.2, -0.15) is 0 Å². The fraction of sp³-hybridized carbons (Fsp3) is 0.273. The summed E-state index contributed by atoms with van der Waals surface area (Å²) in [6.45, 7) is 0.584. The predicted octanol–water partition coefficient (Wildman–Crippen LogP) is 2.92. The highest BCUT2D eigenvalue weighted by atomic mass is 19.1. The molecule has 6 nitrogen and oxygen atoms in total. The van der Waals surface area contributed by atoms with Crippen LogP contribution in [0, 0.1) is 5.82 Å². The van der Waals surface area contributed by atoms with Crippen LogP contribution in [-0.2, 0) is 16.0 Å². The van der Waals surface area contributed by atoms with E-state index in [9.17, 15) is 14.0 Å². The number of benzene rings is 2. The molecule has 4 rings (SSSR count). The molecule has 0 spiro atoms. The lowest BCUT2D eigenvalue weighted by Gasteiger charge is -2.10. The largest absolute Gasteiger partial charge is 0.497 e. The second-order valence-corrected chi connectivity index (χ2v) is 7.10. The number of halogens is 1. The maximum absolute atomic E-state index is 13.4. The molecule has 1 aliphatic rings. The number of hydrogen-bond acceptors (Lipinski definition) is 3. The van der Waals surface area contributed by atoms with Crippen LogP contribution in [0.3, 0.4) is 0 Å². The molecular formula is C22H22FN3O3. The fourth-order valence-corrected chi connectivity index (χ4v) is 3.71. The van der Waals surface area contributed by atoms with Crippen LogP contribution >= 0.6 is 0 Å². The third-order valence-corrected chi connectivity index (χ3v) is 5.23. The van der Waals surface area contributed by atoms with Gasteiger partial charge in [-0.15, -0.1) is 0 Å². The van der Waals surface area contributed by atoms with Crippen molar-refractivity contribution in [2.75, 3.05) is 13.7 Å². The topological polar surface area (TPSA) is 83.2 Å². The number of amides is 2. The minimum absolute atomic E-state index is 0.137. The molecule has 150 valence electrons. The van der Waals surface area contributed by atoms with Crippen LogP contribution in [0.15, 0.2) is 42.5 Å². The predicted molar refractivity (Wildman–Crippen MR) is 108 cm³/mol. The lowest BCUT2D eigenvalue weighted by molar-refractivity contribution is -0.127. The van der Waals surface area contributed by atoms with E-state index in [1.54, 1.807) is 19.2 Å². The Balaban J connectivity index is 1.63. The van der Waals surface area contributed by atoms with Crippen LogP contribution in [0.5, 0.6) is 5.75 Å². The van der Waals surface area contributed by atoms with Crippen LogP contribution in [0.2, 0.25) is 0 Å². The molecule has 1 unspecified atom stereocenters. The van der Waals surface area contributed by atoms with Crippen molar-refractivity contribution in [1.29, 1.82) is 0 Å². The van der Waals surface area contributed by atoms with Gasteiger partial charge >= 0.3 is 0 Å². The molecule has 1 atom stereocenters. The summed E-state index contributed by atoms with van der Waals surface area (Å²) in [6.07, 6.45) is 1.32. The Hall–Kier alpha value is -3.35. The van der Waals surface area contributed by atoms with E-state index in [-0.39, 0.29) is 24.1 Å². The Bertz CT molecular complexity index is 1060. The van der Waals surface area contributed by atoms with Crippen molar-refractivity contribution in [3.8, 4) is 17.0 Å². The van der Waals surface area contributed by atoms with Gasteiger partial charge in [-0.25, -0.2) is 4.39 Å². The smallest absolute Gasteiger partial charge is 0.242 e. The van der Waals surface area contributed by atoms with Crippen LogP contribution in [-0.4, -0.2) is 36.5 Å². The fourth-order valence-electron chi connectivity index (χ4n) is 3.71. The third kappa shape index (κ3) is 3.94. The molecular weight excluding hydrogens is 373 g/mol. The van der Waals surface area contributed by atoms with Crippen molar-refractivity contribution < 1.29 is 18.7 Å². The molecule has 0 bridgehead atoms. The number of rotatable bonds is 6. The van der Waals surface area contributed by atoms with Gasteiger partial charge in [0.05, 0.1) is 7.11 Å². The normalized spacial score (nSPS) is 16.1. The SMILES string of the molecule is COc1ccc2[nH]c(-c3ccc(F)cc3)c(CCC(=O)NC3CCNC3=O)c2c1. The number of H-pyrrole nitrogens is 1. The number of aromatic amines is 1. The van der Waals surface area contributed by atoms with Gasteiger partial charge in [-0.3, -0.25) is 9.59 Å². The molecule has 2 aromatic carbocycles. The van der Waals surface area contributed by atoms with E-state index >= 15 is 0 Å². The summed E-state index contributed by atoms with van der Waals surface area (Å²) < 4.78 is 18.7. The monoisotopic (exact) mass is 395 g/mol. The third-order valence-electron chi connectivity index (χ3n) is 5.23. The number of aromatic nitrogens is 1. The van der Waals surface area contributed by atoms with E-state index in [4.69, 9.17) is 4.74 Å². The Morgan fingerprint density at radius 2 is 2.03 bits per heavy atom. The average molecular weight is 395 g/mol. The summed E-state index contributed by atoms with van der Waals surface area (Å²) in [7, 11) is 1.61. The van der Waals surface area contributed by atoms with Crippen molar-refractivity contribution in [2.24, 2.45) is 0 Å². The standard InChI is InChI=1S/C22H22FN3O3/c1-29-15-6-8-18-17(12-15)16(21(26-18)13-2-4-14(23)5-3-13)7-9-20(27)25-19-10-11-24-22(19)28/h2-6,8,12,19,26H,7,9-11H2,1H3,(H,24,28)(H,25,27). The van der Waals surface area contributed by atoms with E-state index < -0.39 is 6.04 Å². The Labute approximate surface area is 167 Å². The quantitative estimate of drug-likeness (QED) is 0.600. The highest BCUT2D eigenvalue weighted by Gasteiger charge is 2.25. The van der Waals surface area contributed by atoms with Crippen molar-refractivity contribution in [3.05, 3.63) is 53.8 Å². The van der Waals surface area contributed by atoms with Crippen molar-refractivity contribution in [2.45, 2.75) is 25.3 Å². The van der Waals surface area contributed by atoms with Crippen LogP contribution in [0.4, 0.5) is 4.39 Å². The summed E-state index contributed by atoms with van der Waals surface area (Å²) in [5.74, 6) is 0.106. The molecule has 0 saturated carbocycles. The summed E-state index contributed by atoms with van der Waals surface area (Å²) in [6, 6.07) is 11.5. The number of carbonyl (C=O) groups is 2. The lowest BCUT2D eigenvalue weighted by Crippen LogP contribution is -2.40. The molecule has 1 saturated heterocycles. The highest BCUT2D eigenvalue weighted by Crippen LogP contribution is 2.33. The molecule has 3 aromatic rings. The number of aryl methyl sites for hydroxylation is 1. The Kier molecular flexibility index (Phi) is 5.20. The highest BCUT2D eigenvalue weighted by molar-refractivity contribution is 5.93. The number of fused-ring (bicyclic) bond motifs is 1. The molecule has 2 amide bonds. The molecule has 0 radical (unpaired) electrons. The first-order valence-corrected chi connectivity index (χ1v) is 9.57. The zero-order valence-electron chi connectivity index (χ0n) is 16.0. The van der Waals surface area contributed by atoms with Crippen LogP contribution in [0.1, 0.15) is 18.4 Å². The maximum Gasteiger partial charge on any atom is 0.242 e. The molecule has 1 aliphatic heterocycles.